The molecular formula is C19H27N3O3. The minimum atomic E-state index is -0.680. The van der Waals surface area contributed by atoms with Gasteiger partial charge in [0.2, 0.25) is 11.8 Å². The van der Waals surface area contributed by atoms with Crippen LogP contribution in [0.5, 0.6) is 0 Å². The van der Waals surface area contributed by atoms with E-state index in [4.69, 9.17) is 0 Å². The van der Waals surface area contributed by atoms with Crippen molar-refractivity contribution in [3.8, 4) is 0 Å². The molecule has 0 saturated heterocycles. The Morgan fingerprint density at radius 2 is 2.00 bits per heavy atom. The van der Waals surface area contributed by atoms with Gasteiger partial charge in [-0.2, -0.15) is 0 Å². The predicted molar refractivity (Wildman–Crippen MR) is 98.1 cm³/mol. The number of aliphatic hydroxyl groups excluding tert-OH is 1. The minimum Gasteiger partial charge on any atom is -0.391 e. The lowest BCUT2D eigenvalue weighted by atomic mass is 10.0. The van der Waals surface area contributed by atoms with Crippen LogP contribution in [0.1, 0.15) is 32.8 Å². The Balaban J connectivity index is 2.07. The number of hydrogen-bond acceptors (Lipinski definition) is 3. The maximum Gasteiger partial charge on any atom is 0.243 e. The first-order valence-corrected chi connectivity index (χ1v) is 8.70. The van der Waals surface area contributed by atoms with Gasteiger partial charge in [-0.05, 0) is 17.5 Å². The van der Waals surface area contributed by atoms with Crippen molar-refractivity contribution in [2.75, 3.05) is 6.54 Å². The maximum atomic E-state index is 12.5. The van der Waals surface area contributed by atoms with Crippen molar-refractivity contribution < 1.29 is 14.7 Å². The molecule has 0 spiro atoms. The first-order valence-electron chi connectivity index (χ1n) is 8.70. The Morgan fingerprint density at radius 3 is 2.68 bits per heavy atom. The highest BCUT2D eigenvalue weighted by Crippen LogP contribution is 2.19. The molecule has 6 heteroatoms. The Labute approximate surface area is 148 Å². The largest absolute Gasteiger partial charge is 0.391 e. The predicted octanol–water partition coefficient (Wildman–Crippen LogP) is 1.74. The van der Waals surface area contributed by atoms with Crippen LogP contribution in [-0.4, -0.2) is 40.6 Å². The fourth-order valence-corrected chi connectivity index (χ4v) is 2.78. The van der Waals surface area contributed by atoms with Gasteiger partial charge < -0.3 is 20.7 Å². The third kappa shape index (κ3) is 5.06. The van der Waals surface area contributed by atoms with E-state index < -0.39 is 12.1 Å². The van der Waals surface area contributed by atoms with Crippen LogP contribution in [0.3, 0.4) is 0 Å². The number of amides is 2. The number of fused-ring (bicyclic) bond motifs is 1. The molecule has 0 aliphatic rings. The smallest absolute Gasteiger partial charge is 0.243 e. The highest BCUT2D eigenvalue weighted by atomic mass is 16.3. The summed E-state index contributed by atoms with van der Waals surface area (Å²) in [7, 11) is 0. The van der Waals surface area contributed by atoms with E-state index in [1.807, 2.05) is 44.3 Å². The summed E-state index contributed by atoms with van der Waals surface area (Å²) in [4.78, 5) is 27.2. The van der Waals surface area contributed by atoms with Crippen LogP contribution in [-0.2, 0) is 16.0 Å². The van der Waals surface area contributed by atoms with Gasteiger partial charge in [-0.1, -0.05) is 38.5 Å². The molecule has 0 saturated carbocycles. The molecule has 2 amide bonds. The number of aromatic nitrogens is 1. The molecule has 25 heavy (non-hydrogen) atoms. The number of aliphatic hydroxyl groups is 1. The van der Waals surface area contributed by atoms with Crippen LogP contribution in [0.2, 0.25) is 0 Å². The Kier molecular flexibility index (Phi) is 6.58. The summed E-state index contributed by atoms with van der Waals surface area (Å²) in [6.45, 7) is 5.50. The average molecular weight is 345 g/mol. The quantitative estimate of drug-likeness (QED) is 0.587. The first kappa shape index (κ1) is 19.0. The highest BCUT2D eigenvalue weighted by molar-refractivity contribution is 5.89. The van der Waals surface area contributed by atoms with Gasteiger partial charge in [0.1, 0.15) is 6.04 Å². The Morgan fingerprint density at radius 1 is 1.28 bits per heavy atom. The second-order valence-electron chi connectivity index (χ2n) is 6.51. The molecule has 3 unspecified atom stereocenters. The zero-order valence-corrected chi connectivity index (χ0v) is 15.0. The summed E-state index contributed by atoms with van der Waals surface area (Å²) < 4.78 is 0. The van der Waals surface area contributed by atoms with Crippen LogP contribution in [0.4, 0.5) is 0 Å². The number of aromatic amines is 1. The third-order valence-electron chi connectivity index (χ3n) is 4.58. The van der Waals surface area contributed by atoms with E-state index in [1.165, 1.54) is 6.92 Å². The van der Waals surface area contributed by atoms with Crippen LogP contribution < -0.4 is 10.6 Å². The summed E-state index contributed by atoms with van der Waals surface area (Å²) >= 11 is 0. The SMILES string of the molecule is CCC(C)C(O)CNC(=O)C(Cc1c[nH]c2ccccc12)NC(C)=O. The van der Waals surface area contributed by atoms with Crippen molar-refractivity contribution in [2.24, 2.45) is 5.92 Å². The van der Waals surface area contributed by atoms with Gasteiger partial charge in [0.25, 0.3) is 0 Å². The fourth-order valence-electron chi connectivity index (χ4n) is 2.78. The van der Waals surface area contributed by atoms with Gasteiger partial charge in [-0.15, -0.1) is 0 Å². The van der Waals surface area contributed by atoms with Crippen molar-refractivity contribution >= 4 is 22.7 Å². The molecule has 0 aliphatic carbocycles. The van der Waals surface area contributed by atoms with Gasteiger partial charge in [0.15, 0.2) is 0 Å². The second kappa shape index (κ2) is 8.67. The normalized spacial score (nSPS) is 14.7. The first-order chi connectivity index (χ1) is 11.9. The molecule has 6 nitrogen and oxygen atoms in total. The standard InChI is InChI=1S/C19H27N3O3/c1-4-12(2)18(24)11-21-19(25)17(22-13(3)23)9-14-10-20-16-8-6-5-7-15(14)16/h5-8,10,12,17-18,20,24H,4,9,11H2,1-3H3,(H,21,25)(H,22,23). The molecule has 2 rings (SSSR count). The lowest BCUT2D eigenvalue weighted by Crippen LogP contribution is -2.49. The number of para-hydroxylation sites is 1. The minimum absolute atomic E-state index is 0.105. The van der Waals surface area contributed by atoms with Gasteiger partial charge in [-0.25, -0.2) is 0 Å². The molecule has 2 aromatic rings. The fraction of sp³-hybridized carbons (Fsp3) is 0.474. The van der Waals surface area contributed by atoms with E-state index in [2.05, 4.69) is 15.6 Å². The molecule has 3 atom stereocenters. The van der Waals surface area contributed by atoms with Gasteiger partial charge in [0.05, 0.1) is 6.10 Å². The van der Waals surface area contributed by atoms with Crippen LogP contribution in [0.15, 0.2) is 30.5 Å². The maximum absolute atomic E-state index is 12.5. The highest BCUT2D eigenvalue weighted by Gasteiger charge is 2.22. The Hall–Kier alpha value is -2.34. The number of benzene rings is 1. The van der Waals surface area contributed by atoms with Crippen molar-refractivity contribution in [1.82, 2.24) is 15.6 Å². The van der Waals surface area contributed by atoms with E-state index in [0.717, 1.165) is 22.9 Å². The summed E-state index contributed by atoms with van der Waals surface area (Å²) in [6, 6.07) is 7.15. The third-order valence-corrected chi connectivity index (χ3v) is 4.58. The van der Waals surface area contributed by atoms with Gasteiger partial charge in [0, 0.05) is 37.0 Å². The summed E-state index contributed by atoms with van der Waals surface area (Å²) in [5, 5.41) is 16.5. The zero-order chi connectivity index (χ0) is 18.4. The molecular weight excluding hydrogens is 318 g/mol. The molecule has 0 fully saturated rings. The molecule has 4 N–H and O–H groups in total. The number of hydrogen-bond donors (Lipinski definition) is 4. The van der Waals surface area contributed by atoms with Crippen LogP contribution in [0, 0.1) is 5.92 Å². The van der Waals surface area contributed by atoms with E-state index in [0.29, 0.717) is 6.42 Å². The van der Waals surface area contributed by atoms with Crippen LogP contribution >= 0.6 is 0 Å². The molecule has 1 aromatic carbocycles. The number of carbonyl (C=O) groups excluding carboxylic acids is 2. The lowest BCUT2D eigenvalue weighted by Gasteiger charge is -2.21. The van der Waals surface area contributed by atoms with Crippen molar-refractivity contribution in [1.29, 1.82) is 0 Å². The lowest BCUT2D eigenvalue weighted by molar-refractivity contribution is -0.128. The van der Waals surface area contributed by atoms with Crippen LogP contribution in [0.25, 0.3) is 10.9 Å². The molecule has 1 heterocycles. The van der Waals surface area contributed by atoms with Gasteiger partial charge >= 0.3 is 0 Å². The monoisotopic (exact) mass is 345 g/mol. The summed E-state index contributed by atoms with van der Waals surface area (Å²) in [5.41, 5.74) is 1.96. The summed E-state index contributed by atoms with van der Waals surface area (Å²) in [6.07, 6.45) is 2.48. The topological polar surface area (TPSA) is 94.2 Å². The van der Waals surface area contributed by atoms with E-state index >= 15 is 0 Å². The van der Waals surface area contributed by atoms with E-state index in [9.17, 15) is 14.7 Å². The molecule has 1 aromatic heterocycles. The average Bonchev–Trinajstić information content (AvgIpc) is 3.00. The molecule has 0 bridgehead atoms. The molecule has 136 valence electrons. The number of nitrogens with one attached hydrogen (secondary N) is 3. The van der Waals surface area contributed by atoms with Crippen molar-refractivity contribution in [2.45, 2.75) is 45.8 Å². The van der Waals surface area contributed by atoms with Crippen molar-refractivity contribution in [3.05, 3.63) is 36.0 Å². The van der Waals surface area contributed by atoms with E-state index in [1.54, 1.807) is 0 Å². The molecule has 0 radical (unpaired) electrons. The molecule has 0 aliphatic heterocycles. The van der Waals surface area contributed by atoms with Gasteiger partial charge in [-0.3, -0.25) is 9.59 Å². The second-order valence-corrected chi connectivity index (χ2v) is 6.51. The number of H-pyrrole nitrogens is 1. The van der Waals surface area contributed by atoms with Crippen molar-refractivity contribution in [3.63, 3.8) is 0 Å². The number of rotatable bonds is 8. The summed E-state index contributed by atoms with van der Waals surface area (Å²) in [5.74, 6) is -0.446. The van der Waals surface area contributed by atoms with E-state index in [-0.39, 0.29) is 24.3 Å². The zero-order valence-electron chi connectivity index (χ0n) is 15.0. The Bertz CT molecular complexity index is 726. The number of carbonyl (C=O) groups is 2.